The van der Waals surface area contributed by atoms with Gasteiger partial charge in [0.1, 0.15) is 0 Å². The first-order chi connectivity index (χ1) is 14.4. The molecule has 0 saturated carbocycles. The summed E-state index contributed by atoms with van der Waals surface area (Å²) in [4.78, 5) is 25.5. The Morgan fingerprint density at radius 2 is 1.80 bits per heavy atom. The van der Waals surface area contributed by atoms with Gasteiger partial charge in [0.05, 0.1) is 19.1 Å². The summed E-state index contributed by atoms with van der Waals surface area (Å²) >= 11 is 0. The summed E-state index contributed by atoms with van der Waals surface area (Å²) in [5.74, 6) is 0.807. The van der Waals surface area contributed by atoms with Crippen LogP contribution in [0.25, 0.3) is 0 Å². The largest absolute Gasteiger partial charge is 0.493 e. The lowest BCUT2D eigenvalue weighted by molar-refractivity contribution is -0.384. The van der Waals surface area contributed by atoms with Gasteiger partial charge < -0.3 is 14.4 Å². The van der Waals surface area contributed by atoms with E-state index in [-0.39, 0.29) is 17.4 Å². The van der Waals surface area contributed by atoms with Gasteiger partial charge >= 0.3 is 0 Å². The number of ether oxygens (including phenoxy) is 2. The van der Waals surface area contributed by atoms with Gasteiger partial charge in [-0.3, -0.25) is 14.9 Å². The predicted octanol–water partition coefficient (Wildman–Crippen LogP) is 4.09. The minimum absolute atomic E-state index is 0.0145. The quantitative estimate of drug-likeness (QED) is 0.527. The molecule has 0 spiro atoms. The lowest BCUT2D eigenvalue weighted by Crippen LogP contribution is -2.26. The number of hydrogen-bond donors (Lipinski definition) is 0. The van der Waals surface area contributed by atoms with Crippen LogP contribution in [-0.4, -0.2) is 42.9 Å². The molecule has 2 aromatic carbocycles. The number of nitro benzene ring substituents is 1. The second-order valence-electron chi connectivity index (χ2n) is 7.21. The molecule has 0 fully saturated rings. The van der Waals surface area contributed by atoms with E-state index < -0.39 is 4.92 Å². The molecule has 7 nitrogen and oxygen atoms in total. The lowest BCUT2D eigenvalue weighted by atomic mass is 9.79. The average molecular weight is 410 g/mol. The molecule has 0 N–H and O–H groups in total. The molecule has 1 heterocycles. The Bertz CT molecular complexity index is 982. The monoisotopic (exact) mass is 410 g/mol. The Kier molecular flexibility index (Phi) is 6.40. The van der Waals surface area contributed by atoms with Crippen molar-refractivity contribution in [2.45, 2.75) is 26.2 Å². The number of ketones is 1. The van der Waals surface area contributed by atoms with Gasteiger partial charge in [0, 0.05) is 42.9 Å². The van der Waals surface area contributed by atoms with Crippen LogP contribution in [0.3, 0.4) is 0 Å². The molecule has 7 heteroatoms. The fourth-order valence-corrected chi connectivity index (χ4v) is 3.88. The van der Waals surface area contributed by atoms with Crippen molar-refractivity contribution in [3.8, 4) is 11.5 Å². The van der Waals surface area contributed by atoms with E-state index in [4.69, 9.17) is 9.47 Å². The number of allylic oxidation sites excluding steroid dienone is 1. The van der Waals surface area contributed by atoms with Gasteiger partial charge in [-0.15, -0.1) is 0 Å². The van der Waals surface area contributed by atoms with Crippen molar-refractivity contribution >= 4 is 11.5 Å². The highest BCUT2D eigenvalue weighted by Gasteiger charge is 2.29. The fourth-order valence-electron chi connectivity index (χ4n) is 3.88. The minimum Gasteiger partial charge on any atom is -0.493 e. The van der Waals surface area contributed by atoms with E-state index in [0.717, 1.165) is 36.2 Å². The summed E-state index contributed by atoms with van der Waals surface area (Å²) in [6.45, 7) is 5.14. The summed E-state index contributed by atoms with van der Waals surface area (Å²) in [6.07, 6.45) is 2.70. The molecule has 1 aliphatic rings. The number of hydrogen-bond acceptors (Lipinski definition) is 6. The van der Waals surface area contributed by atoms with E-state index in [2.05, 4.69) is 4.90 Å². The number of benzene rings is 2. The zero-order valence-corrected chi connectivity index (χ0v) is 17.7. The summed E-state index contributed by atoms with van der Waals surface area (Å²) < 4.78 is 11.0. The number of nitrogens with zero attached hydrogens (tertiary/aromatic N) is 2. The number of carbonyl (C=O) groups excluding carboxylic acids is 1. The highest BCUT2D eigenvalue weighted by molar-refractivity contribution is 5.95. The smallest absolute Gasteiger partial charge is 0.269 e. The van der Waals surface area contributed by atoms with E-state index >= 15 is 0 Å². The van der Waals surface area contributed by atoms with Crippen molar-refractivity contribution in [3.05, 3.63) is 75.0 Å². The lowest BCUT2D eigenvalue weighted by Gasteiger charge is -2.30. The van der Waals surface area contributed by atoms with E-state index in [0.29, 0.717) is 17.1 Å². The standard InChI is InChI=1S/C23H26N2O5/c1-5-24-11-10-17-12-21(29-3)22(30-4)13-19(17)23(20(14-24)15(2)26)16-6-8-18(9-7-16)25(27)28/h6-9,12-14,23H,5,10-11H2,1-4H3/b20-14-. The molecule has 1 unspecified atom stereocenters. The van der Waals surface area contributed by atoms with Gasteiger partial charge in [-0.2, -0.15) is 0 Å². The van der Waals surface area contributed by atoms with E-state index in [1.54, 1.807) is 33.3 Å². The van der Waals surface area contributed by atoms with Crippen LogP contribution in [-0.2, 0) is 11.2 Å². The Hall–Kier alpha value is -3.35. The van der Waals surface area contributed by atoms with Crippen molar-refractivity contribution in [2.24, 2.45) is 0 Å². The van der Waals surface area contributed by atoms with Gasteiger partial charge in [-0.05, 0) is 49.1 Å². The van der Waals surface area contributed by atoms with Crippen LogP contribution in [0.2, 0.25) is 0 Å². The maximum atomic E-state index is 12.7. The topological polar surface area (TPSA) is 81.9 Å². The van der Waals surface area contributed by atoms with E-state index in [1.807, 2.05) is 25.3 Å². The SMILES string of the molecule is CCN1/C=C(/C(C)=O)C(c2ccc([N+](=O)[O-])cc2)c2cc(OC)c(OC)cc2CC1. The van der Waals surface area contributed by atoms with Crippen LogP contribution < -0.4 is 9.47 Å². The predicted molar refractivity (Wildman–Crippen MR) is 114 cm³/mol. The second-order valence-corrected chi connectivity index (χ2v) is 7.21. The van der Waals surface area contributed by atoms with Crippen molar-refractivity contribution in [3.63, 3.8) is 0 Å². The molecule has 0 bridgehead atoms. The number of likely N-dealkylation sites (N-methyl/N-ethyl adjacent to an activating group) is 1. The zero-order valence-electron chi connectivity index (χ0n) is 17.7. The molecule has 0 amide bonds. The number of fused-ring (bicyclic) bond motifs is 1. The molecule has 1 aliphatic heterocycles. The Morgan fingerprint density at radius 3 is 2.33 bits per heavy atom. The van der Waals surface area contributed by atoms with E-state index in [9.17, 15) is 14.9 Å². The van der Waals surface area contributed by atoms with Crippen LogP contribution in [0.15, 0.2) is 48.2 Å². The zero-order chi connectivity index (χ0) is 21.8. The highest BCUT2D eigenvalue weighted by Crippen LogP contribution is 2.41. The van der Waals surface area contributed by atoms with Crippen LogP contribution in [0.5, 0.6) is 11.5 Å². The summed E-state index contributed by atoms with van der Waals surface area (Å²) in [7, 11) is 3.18. The number of methoxy groups -OCH3 is 2. The van der Waals surface area contributed by atoms with Crippen LogP contribution in [0.1, 0.15) is 36.5 Å². The van der Waals surface area contributed by atoms with Crippen LogP contribution in [0.4, 0.5) is 5.69 Å². The Balaban J connectivity index is 2.27. The molecule has 0 aromatic heterocycles. The molecule has 2 aromatic rings. The molecule has 0 saturated heterocycles. The van der Waals surface area contributed by atoms with Crippen LogP contribution >= 0.6 is 0 Å². The normalized spacial score (nSPS) is 17.8. The molecule has 30 heavy (non-hydrogen) atoms. The number of Topliss-reactive ketones (excluding diaryl/α,β-unsaturated/α-hetero) is 1. The van der Waals surface area contributed by atoms with Gasteiger partial charge in [0.25, 0.3) is 5.69 Å². The molecule has 1 atom stereocenters. The third kappa shape index (κ3) is 4.15. The molecule has 158 valence electrons. The van der Waals surface area contributed by atoms with Gasteiger partial charge in [-0.25, -0.2) is 0 Å². The van der Waals surface area contributed by atoms with Crippen LogP contribution in [0, 0.1) is 10.1 Å². The number of nitro groups is 1. The molecular formula is C23H26N2O5. The average Bonchev–Trinajstić information content (AvgIpc) is 2.74. The highest BCUT2D eigenvalue weighted by atomic mass is 16.6. The van der Waals surface area contributed by atoms with Gasteiger partial charge in [-0.1, -0.05) is 12.1 Å². The minimum atomic E-state index is -0.426. The van der Waals surface area contributed by atoms with Gasteiger partial charge in [0.2, 0.25) is 0 Å². The molecular weight excluding hydrogens is 384 g/mol. The molecule has 0 aliphatic carbocycles. The summed E-state index contributed by atoms with van der Waals surface area (Å²) in [5.41, 5.74) is 3.47. The fraction of sp³-hybridized carbons (Fsp3) is 0.348. The summed E-state index contributed by atoms with van der Waals surface area (Å²) in [5, 5.41) is 11.1. The molecule has 3 rings (SSSR count). The number of non-ortho nitro benzene ring substituents is 1. The first-order valence-corrected chi connectivity index (χ1v) is 9.85. The van der Waals surface area contributed by atoms with Crippen molar-refractivity contribution in [2.75, 3.05) is 27.3 Å². The first kappa shape index (κ1) is 21.4. The van der Waals surface area contributed by atoms with Crippen molar-refractivity contribution < 1.29 is 19.2 Å². The number of carbonyl (C=O) groups is 1. The maximum absolute atomic E-state index is 12.7. The summed E-state index contributed by atoms with van der Waals surface area (Å²) in [6, 6.07) is 10.3. The molecule has 0 radical (unpaired) electrons. The third-order valence-electron chi connectivity index (χ3n) is 5.51. The number of rotatable bonds is 6. The van der Waals surface area contributed by atoms with E-state index in [1.165, 1.54) is 12.1 Å². The Morgan fingerprint density at radius 1 is 1.17 bits per heavy atom. The third-order valence-corrected chi connectivity index (χ3v) is 5.51. The second kappa shape index (κ2) is 8.98. The maximum Gasteiger partial charge on any atom is 0.269 e. The first-order valence-electron chi connectivity index (χ1n) is 9.85. The Labute approximate surface area is 176 Å². The van der Waals surface area contributed by atoms with Crippen molar-refractivity contribution in [1.82, 2.24) is 4.90 Å². The van der Waals surface area contributed by atoms with Crippen molar-refractivity contribution in [1.29, 1.82) is 0 Å². The van der Waals surface area contributed by atoms with Gasteiger partial charge in [0.15, 0.2) is 17.3 Å².